The Balaban J connectivity index is 1.48. The van der Waals surface area contributed by atoms with E-state index in [9.17, 15) is 0 Å². The molecule has 29 heavy (non-hydrogen) atoms. The van der Waals surface area contributed by atoms with Crippen LogP contribution < -0.4 is 10.1 Å². The Labute approximate surface area is 178 Å². The first-order chi connectivity index (χ1) is 14.2. The van der Waals surface area contributed by atoms with Gasteiger partial charge in [-0.3, -0.25) is 0 Å². The van der Waals surface area contributed by atoms with E-state index in [1.165, 1.54) is 35.2 Å². The number of nitrogens with zero attached hydrogens (tertiary/aromatic N) is 3. The van der Waals surface area contributed by atoms with Gasteiger partial charge in [0.25, 0.3) is 0 Å². The van der Waals surface area contributed by atoms with Gasteiger partial charge < -0.3 is 14.6 Å². The van der Waals surface area contributed by atoms with E-state index in [4.69, 9.17) is 9.84 Å². The van der Waals surface area contributed by atoms with Crippen LogP contribution in [-0.2, 0) is 19.5 Å². The van der Waals surface area contributed by atoms with E-state index in [1.54, 1.807) is 7.11 Å². The molecule has 2 aromatic carbocycles. The average molecular weight is 451 g/mol. The number of ether oxygens (including phenoxy) is 1. The largest absolute Gasteiger partial charge is 0.497 e. The van der Waals surface area contributed by atoms with Gasteiger partial charge in [0.1, 0.15) is 11.4 Å². The maximum absolute atomic E-state index is 5.24. The van der Waals surface area contributed by atoms with Gasteiger partial charge >= 0.3 is 0 Å². The van der Waals surface area contributed by atoms with Crippen LogP contribution in [0.1, 0.15) is 24.2 Å². The standard InChI is InChI=1S/C23H23BrN4O/c1-29-19-11-9-18(10-12-19)25-14-22-26-28-15-21(16-5-7-17(24)8-6-16)20-4-2-3-13-27(22)23(20)28/h5-12,15,25H,2-4,13-14H2,1H3. The molecule has 0 saturated carbocycles. The van der Waals surface area contributed by atoms with Crippen LogP contribution in [-0.4, -0.2) is 21.3 Å². The molecule has 0 atom stereocenters. The van der Waals surface area contributed by atoms with Gasteiger partial charge in [0.2, 0.25) is 0 Å². The number of benzene rings is 2. The molecule has 0 spiro atoms. The first-order valence-electron chi connectivity index (χ1n) is 9.96. The fraction of sp³-hybridized carbons (Fsp3) is 0.261. The van der Waals surface area contributed by atoms with Crippen LogP contribution in [0, 0.1) is 0 Å². The van der Waals surface area contributed by atoms with Crippen LogP contribution >= 0.6 is 15.9 Å². The zero-order chi connectivity index (χ0) is 19.8. The lowest BCUT2D eigenvalue weighted by molar-refractivity contribution is 0.415. The van der Waals surface area contributed by atoms with Gasteiger partial charge in [-0.15, -0.1) is 0 Å². The molecule has 6 heteroatoms. The minimum Gasteiger partial charge on any atom is -0.497 e. The van der Waals surface area contributed by atoms with Crippen LogP contribution in [0.15, 0.2) is 59.2 Å². The van der Waals surface area contributed by atoms with Crippen LogP contribution in [0.5, 0.6) is 5.75 Å². The van der Waals surface area contributed by atoms with Crippen molar-refractivity contribution in [3.8, 4) is 16.9 Å². The third-order valence-electron chi connectivity index (χ3n) is 5.61. The second-order valence-corrected chi connectivity index (χ2v) is 8.32. The number of aryl methyl sites for hydroxylation is 2. The Hall–Kier alpha value is -2.73. The second kappa shape index (κ2) is 7.59. The van der Waals surface area contributed by atoms with Gasteiger partial charge in [0, 0.05) is 34.0 Å². The first kappa shape index (κ1) is 18.3. The van der Waals surface area contributed by atoms with Crippen molar-refractivity contribution in [2.75, 3.05) is 12.4 Å². The quantitative estimate of drug-likeness (QED) is 0.435. The second-order valence-electron chi connectivity index (χ2n) is 7.40. The fourth-order valence-corrected chi connectivity index (χ4v) is 4.40. The lowest BCUT2D eigenvalue weighted by atomic mass is 10.0. The number of methoxy groups -OCH3 is 1. The molecule has 0 aliphatic carbocycles. The molecule has 4 aromatic rings. The monoisotopic (exact) mass is 450 g/mol. The number of anilines is 1. The van der Waals surface area contributed by atoms with Crippen LogP contribution in [0.4, 0.5) is 5.69 Å². The van der Waals surface area contributed by atoms with Crippen molar-refractivity contribution < 1.29 is 4.74 Å². The van der Waals surface area contributed by atoms with Crippen molar-refractivity contribution in [1.82, 2.24) is 14.2 Å². The van der Waals surface area contributed by atoms with E-state index in [1.807, 2.05) is 24.3 Å². The molecule has 0 unspecified atom stereocenters. The van der Waals surface area contributed by atoms with Gasteiger partial charge in [-0.1, -0.05) is 28.1 Å². The van der Waals surface area contributed by atoms with E-state index in [0.29, 0.717) is 6.54 Å². The summed E-state index contributed by atoms with van der Waals surface area (Å²) < 4.78 is 10.8. The average Bonchev–Trinajstić information content (AvgIpc) is 3.16. The van der Waals surface area contributed by atoms with Crippen molar-refractivity contribution in [3.05, 3.63) is 70.6 Å². The summed E-state index contributed by atoms with van der Waals surface area (Å²) in [6.07, 6.45) is 5.66. The predicted octanol–water partition coefficient (Wildman–Crippen LogP) is 5.52. The number of rotatable bonds is 5. The van der Waals surface area contributed by atoms with E-state index in [-0.39, 0.29) is 0 Å². The molecular formula is C23H23BrN4O. The molecule has 3 heterocycles. The predicted molar refractivity (Wildman–Crippen MR) is 120 cm³/mol. The summed E-state index contributed by atoms with van der Waals surface area (Å²) in [5.41, 5.74) is 6.26. The van der Waals surface area contributed by atoms with Crippen LogP contribution in [0.3, 0.4) is 0 Å². The van der Waals surface area contributed by atoms with E-state index >= 15 is 0 Å². The van der Waals surface area contributed by atoms with Crippen molar-refractivity contribution in [3.63, 3.8) is 0 Å². The minimum absolute atomic E-state index is 0.696. The molecule has 1 aliphatic rings. The number of aromatic nitrogens is 3. The molecular weight excluding hydrogens is 428 g/mol. The number of hydrogen-bond donors (Lipinski definition) is 1. The molecule has 5 nitrogen and oxygen atoms in total. The van der Waals surface area contributed by atoms with Crippen LogP contribution in [0.2, 0.25) is 0 Å². The molecule has 2 aromatic heterocycles. The number of nitrogens with one attached hydrogen (secondary N) is 1. The van der Waals surface area contributed by atoms with Gasteiger partial charge in [-0.25, -0.2) is 4.52 Å². The molecule has 0 radical (unpaired) electrons. The van der Waals surface area contributed by atoms with Crippen molar-refractivity contribution >= 4 is 27.3 Å². The van der Waals surface area contributed by atoms with Crippen molar-refractivity contribution in [2.24, 2.45) is 0 Å². The van der Waals surface area contributed by atoms with Crippen molar-refractivity contribution in [2.45, 2.75) is 32.4 Å². The zero-order valence-electron chi connectivity index (χ0n) is 16.4. The van der Waals surface area contributed by atoms with Gasteiger partial charge in [0.05, 0.1) is 13.7 Å². The number of hydrogen-bond acceptors (Lipinski definition) is 3. The van der Waals surface area contributed by atoms with Crippen LogP contribution in [0.25, 0.3) is 16.8 Å². The van der Waals surface area contributed by atoms with Gasteiger partial charge in [0.15, 0.2) is 5.82 Å². The minimum atomic E-state index is 0.696. The number of halogens is 1. The Kier molecular flexibility index (Phi) is 4.79. The highest BCUT2D eigenvalue weighted by Crippen LogP contribution is 2.33. The summed E-state index contributed by atoms with van der Waals surface area (Å²) in [5.74, 6) is 1.93. The topological polar surface area (TPSA) is 43.5 Å². The molecule has 1 N–H and O–H groups in total. The molecule has 0 fully saturated rings. The van der Waals surface area contributed by atoms with E-state index in [0.717, 1.165) is 34.7 Å². The highest BCUT2D eigenvalue weighted by atomic mass is 79.9. The zero-order valence-corrected chi connectivity index (χ0v) is 17.9. The molecule has 0 saturated heterocycles. The Morgan fingerprint density at radius 1 is 1.07 bits per heavy atom. The molecule has 148 valence electrons. The smallest absolute Gasteiger partial charge is 0.150 e. The summed E-state index contributed by atoms with van der Waals surface area (Å²) in [6, 6.07) is 16.6. The highest BCUT2D eigenvalue weighted by molar-refractivity contribution is 9.10. The third kappa shape index (κ3) is 3.42. The summed E-state index contributed by atoms with van der Waals surface area (Å²) in [6.45, 7) is 1.71. The summed E-state index contributed by atoms with van der Waals surface area (Å²) in [5, 5.41) is 8.42. The maximum atomic E-state index is 5.24. The van der Waals surface area contributed by atoms with E-state index in [2.05, 4.69) is 60.8 Å². The molecule has 0 amide bonds. The third-order valence-corrected chi connectivity index (χ3v) is 6.14. The highest BCUT2D eigenvalue weighted by Gasteiger charge is 2.22. The lowest BCUT2D eigenvalue weighted by Gasteiger charge is -2.09. The summed E-state index contributed by atoms with van der Waals surface area (Å²) in [4.78, 5) is 0. The summed E-state index contributed by atoms with van der Waals surface area (Å²) >= 11 is 3.53. The van der Waals surface area contributed by atoms with Crippen molar-refractivity contribution in [1.29, 1.82) is 0 Å². The maximum Gasteiger partial charge on any atom is 0.150 e. The van der Waals surface area contributed by atoms with Gasteiger partial charge in [-0.2, -0.15) is 5.10 Å². The van der Waals surface area contributed by atoms with E-state index < -0.39 is 0 Å². The fourth-order valence-electron chi connectivity index (χ4n) is 4.14. The van der Waals surface area contributed by atoms with Gasteiger partial charge in [-0.05, 0) is 61.2 Å². The Morgan fingerprint density at radius 3 is 2.62 bits per heavy atom. The molecule has 1 aliphatic heterocycles. The SMILES string of the molecule is COc1ccc(NCc2nn3cc(-c4ccc(Br)cc4)c4c3n2CCCC4)cc1. The summed E-state index contributed by atoms with van der Waals surface area (Å²) in [7, 11) is 1.68. The Bertz CT molecular complexity index is 1140. The Morgan fingerprint density at radius 2 is 1.86 bits per heavy atom. The molecule has 5 rings (SSSR count). The lowest BCUT2D eigenvalue weighted by Crippen LogP contribution is -2.09. The molecule has 0 bridgehead atoms. The first-order valence-corrected chi connectivity index (χ1v) is 10.8. The normalized spacial score (nSPS) is 13.4.